The molecule has 0 bridgehead atoms. The first-order valence-electron chi connectivity index (χ1n) is 14.8. The van der Waals surface area contributed by atoms with Crippen molar-refractivity contribution < 1.29 is 0 Å². The molecule has 6 aromatic carbocycles. The topological polar surface area (TPSA) is 67.4 Å². The van der Waals surface area contributed by atoms with Gasteiger partial charge in [-0.1, -0.05) is 121 Å². The van der Waals surface area contributed by atoms with Crippen molar-refractivity contribution in [3.8, 4) is 57.0 Å². The van der Waals surface area contributed by atoms with Crippen LogP contribution in [-0.2, 0) is 0 Å². The third-order valence-corrected chi connectivity index (χ3v) is 8.11. The van der Waals surface area contributed by atoms with Gasteiger partial charge in [0.25, 0.3) is 0 Å². The standard InChI is InChI=1S/C40H25N5/c41-26-27-22-24-28(25-23-27)31-18-11-19-34(37(31)45-35-20-9-7-16-32(35)33-17-8-10-21-36(33)45)40-43-38(29-12-3-1-4-13-29)42-39(44-40)30-14-5-2-6-15-30/h1-25H. The van der Waals surface area contributed by atoms with E-state index in [9.17, 15) is 5.26 Å². The molecule has 0 amide bonds. The first-order chi connectivity index (χ1) is 22.3. The number of aromatic nitrogens is 4. The van der Waals surface area contributed by atoms with Crippen molar-refractivity contribution >= 4 is 21.8 Å². The second-order valence-corrected chi connectivity index (χ2v) is 10.8. The van der Waals surface area contributed by atoms with Crippen LogP contribution in [0.4, 0.5) is 0 Å². The van der Waals surface area contributed by atoms with Crippen molar-refractivity contribution in [2.45, 2.75) is 0 Å². The second kappa shape index (κ2) is 11.0. The zero-order chi connectivity index (χ0) is 30.2. The average Bonchev–Trinajstić information content (AvgIpc) is 3.46. The van der Waals surface area contributed by atoms with Crippen molar-refractivity contribution in [3.63, 3.8) is 0 Å². The summed E-state index contributed by atoms with van der Waals surface area (Å²) >= 11 is 0. The predicted octanol–water partition coefficient (Wildman–Crippen LogP) is 9.51. The highest BCUT2D eigenvalue weighted by Gasteiger charge is 2.22. The van der Waals surface area contributed by atoms with Gasteiger partial charge >= 0.3 is 0 Å². The van der Waals surface area contributed by atoms with Crippen LogP contribution in [0.5, 0.6) is 0 Å². The van der Waals surface area contributed by atoms with E-state index in [1.54, 1.807) is 0 Å². The summed E-state index contributed by atoms with van der Waals surface area (Å²) in [4.78, 5) is 15.2. The molecule has 45 heavy (non-hydrogen) atoms. The Labute approximate surface area is 260 Å². The zero-order valence-electron chi connectivity index (χ0n) is 24.2. The van der Waals surface area contributed by atoms with E-state index >= 15 is 0 Å². The van der Waals surface area contributed by atoms with Crippen LogP contribution in [0.25, 0.3) is 72.8 Å². The molecule has 0 aliphatic heterocycles. The van der Waals surface area contributed by atoms with E-state index in [1.165, 1.54) is 10.8 Å². The number of hydrogen-bond acceptors (Lipinski definition) is 4. The lowest BCUT2D eigenvalue weighted by Gasteiger charge is -2.19. The molecule has 0 fully saturated rings. The fourth-order valence-corrected chi connectivity index (χ4v) is 6.01. The molecule has 0 saturated carbocycles. The summed E-state index contributed by atoms with van der Waals surface area (Å²) < 4.78 is 2.32. The summed E-state index contributed by atoms with van der Waals surface area (Å²) in [5.74, 6) is 1.79. The van der Waals surface area contributed by atoms with Crippen molar-refractivity contribution in [1.29, 1.82) is 5.26 Å². The van der Waals surface area contributed by atoms with E-state index in [0.717, 1.165) is 44.5 Å². The van der Waals surface area contributed by atoms with E-state index in [-0.39, 0.29) is 0 Å². The normalized spacial score (nSPS) is 11.1. The molecule has 0 N–H and O–H groups in total. The molecule has 0 saturated heterocycles. The minimum Gasteiger partial charge on any atom is -0.308 e. The molecule has 2 heterocycles. The highest BCUT2D eigenvalue weighted by atomic mass is 15.1. The summed E-state index contributed by atoms with van der Waals surface area (Å²) in [5.41, 5.74) is 8.46. The van der Waals surface area contributed by atoms with Gasteiger partial charge in [-0.15, -0.1) is 0 Å². The number of rotatable bonds is 5. The van der Waals surface area contributed by atoms with Gasteiger partial charge in [0.2, 0.25) is 0 Å². The van der Waals surface area contributed by atoms with E-state index in [4.69, 9.17) is 15.0 Å². The van der Waals surface area contributed by atoms with Gasteiger partial charge in [-0.25, -0.2) is 15.0 Å². The van der Waals surface area contributed by atoms with Crippen LogP contribution >= 0.6 is 0 Å². The lowest BCUT2D eigenvalue weighted by Crippen LogP contribution is -2.05. The smallest absolute Gasteiger partial charge is 0.166 e. The first kappa shape index (κ1) is 26.3. The quantitative estimate of drug-likeness (QED) is 0.205. The van der Waals surface area contributed by atoms with Gasteiger partial charge in [0, 0.05) is 33.0 Å². The number of nitriles is 1. The van der Waals surface area contributed by atoms with Crippen molar-refractivity contribution in [1.82, 2.24) is 19.5 Å². The van der Waals surface area contributed by atoms with Gasteiger partial charge in [0.05, 0.1) is 28.4 Å². The van der Waals surface area contributed by atoms with Crippen LogP contribution in [0.2, 0.25) is 0 Å². The molecule has 0 aliphatic carbocycles. The van der Waals surface area contributed by atoms with Crippen LogP contribution in [0.1, 0.15) is 5.56 Å². The minimum absolute atomic E-state index is 0.579. The van der Waals surface area contributed by atoms with Crippen molar-refractivity contribution in [2.75, 3.05) is 0 Å². The maximum absolute atomic E-state index is 9.50. The van der Waals surface area contributed by atoms with E-state index in [0.29, 0.717) is 23.0 Å². The molecule has 0 aliphatic rings. The number of hydrogen-bond donors (Lipinski definition) is 0. The maximum Gasteiger partial charge on any atom is 0.166 e. The predicted molar refractivity (Wildman–Crippen MR) is 181 cm³/mol. The van der Waals surface area contributed by atoms with Crippen molar-refractivity contribution in [3.05, 3.63) is 157 Å². The fourth-order valence-electron chi connectivity index (χ4n) is 6.01. The molecule has 0 unspecified atom stereocenters. The Balaban J connectivity index is 1.49. The molecule has 0 spiro atoms. The summed E-state index contributed by atoms with van der Waals surface area (Å²) in [6, 6.07) is 53.3. The Morgan fingerprint density at radius 2 is 0.911 bits per heavy atom. The number of para-hydroxylation sites is 3. The molecule has 8 aromatic rings. The molecule has 8 rings (SSSR count). The molecule has 210 valence electrons. The summed E-state index contributed by atoms with van der Waals surface area (Å²) in [6.07, 6.45) is 0. The highest BCUT2D eigenvalue weighted by Crippen LogP contribution is 2.41. The summed E-state index contributed by atoms with van der Waals surface area (Å²) in [5, 5.41) is 11.8. The van der Waals surface area contributed by atoms with E-state index in [1.807, 2.05) is 84.9 Å². The SMILES string of the molecule is N#Cc1ccc(-c2cccc(-c3nc(-c4ccccc4)nc(-c4ccccc4)n3)c2-n2c3ccccc3c3ccccc32)cc1. The fraction of sp³-hybridized carbons (Fsp3) is 0. The number of fused-ring (bicyclic) bond motifs is 3. The lowest BCUT2D eigenvalue weighted by molar-refractivity contribution is 1.06. The zero-order valence-corrected chi connectivity index (χ0v) is 24.2. The minimum atomic E-state index is 0.579. The Morgan fingerprint density at radius 1 is 0.422 bits per heavy atom. The van der Waals surface area contributed by atoms with Crippen LogP contribution in [0.15, 0.2) is 152 Å². The Morgan fingerprint density at radius 3 is 1.47 bits per heavy atom. The number of benzene rings is 6. The molecule has 0 radical (unpaired) electrons. The molecular formula is C40H25N5. The van der Waals surface area contributed by atoms with Gasteiger partial charge in [0.1, 0.15) is 0 Å². The van der Waals surface area contributed by atoms with Crippen LogP contribution < -0.4 is 0 Å². The Kier molecular flexibility index (Phi) is 6.44. The van der Waals surface area contributed by atoms with Crippen LogP contribution in [0, 0.1) is 11.3 Å². The Hall–Kier alpha value is -6.38. The largest absolute Gasteiger partial charge is 0.308 e. The lowest BCUT2D eigenvalue weighted by atomic mass is 9.98. The molecule has 5 heteroatoms. The summed E-state index contributed by atoms with van der Waals surface area (Å²) in [6.45, 7) is 0. The van der Waals surface area contributed by atoms with Gasteiger partial charge in [-0.2, -0.15) is 5.26 Å². The van der Waals surface area contributed by atoms with Gasteiger partial charge in [-0.05, 0) is 35.9 Å². The van der Waals surface area contributed by atoms with Gasteiger partial charge < -0.3 is 4.57 Å². The monoisotopic (exact) mass is 575 g/mol. The van der Waals surface area contributed by atoms with Crippen LogP contribution in [0.3, 0.4) is 0 Å². The molecule has 0 atom stereocenters. The highest BCUT2D eigenvalue weighted by molar-refractivity contribution is 6.10. The van der Waals surface area contributed by atoms with Gasteiger partial charge in [-0.3, -0.25) is 0 Å². The molecular weight excluding hydrogens is 550 g/mol. The van der Waals surface area contributed by atoms with Crippen LogP contribution in [-0.4, -0.2) is 19.5 Å². The average molecular weight is 576 g/mol. The summed E-state index contributed by atoms with van der Waals surface area (Å²) in [7, 11) is 0. The van der Waals surface area contributed by atoms with Crippen molar-refractivity contribution in [2.24, 2.45) is 0 Å². The first-order valence-corrected chi connectivity index (χ1v) is 14.8. The second-order valence-electron chi connectivity index (χ2n) is 10.8. The third kappa shape index (κ3) is 4.62. The van der Waals surface area contributed by atoms with E-state index in [2.05, 4.69) is 77.4 Å². The number of nitrogens with zero attached hydrogens (tertiary/aromatic N) is 5. The van der Waals surface area contributed by atoms with E-state index < -0.39 is 0 Å². The van der Waals surface area contributed by atoms with Gasteiger partial charge in [0.15, 0.2) is 17.5 Å². The Bertz CT molecular complexity index is 2260. The molecule has 2 aromatic heterocycles. The molecule has 5 nitrogen and oxygen atoms in total. The third-order valence-electron chi connectivity index (χ3n) is 8.11. The maximum atomic E-state index is 9.50.